The highest BCUT2D eigenvalue weighted by atomic mass is 16.2. The molecule has 0 aromatic heterocycles. The van der Waals surface area contributed by atoms with Crippen LogP contribution < -0.4 is 0 Å². The van der Waals surface area contributed by atoms with E-state index in [-0.39, 0.29) is 11.7 Å². The van der Waals surface area contributed by atoms with E-state index in [9.17, 15) is 9.59 Å². The molecular formula is C14H23NO2. The van der Waals surface area contributed by atoms with Crippen LogP contribution in [0.25, 0.3) is 0 Å². The molecule has 1 saturated carbocycles. The molecule has 0 bridgehead atoms. The SMILES string of the molecule is CC1(C)C(=O)CCN1C(=O)CCCC1CCC1. The lowest BCUT2D eigenvalue weighted by atomic mass is 9.82. The normalized spacial score (nSPS) is 23.9. The van der Waals surface area contributed by atoms with Gasteiger partial charge in [-0.05, 0) is 32.6 Å². The maximum absolute atomic E-state index is 12.1. The van der Waals surface area contributed by atoms with E-state index in [0.29, 0.717) is 19.4 Å². The molecule has 0 radical (unpaired) electrons. The molecule has 17 heavy (non-hydrogen) atoms. The molecule has 0 atom stereocenters. The number of carbonyl (C=O) groups excluding carboxylic acids is 2. The monoisotopic (exact) mass is 237 g/mol. The summed E-state index contributed by atoms with van der Waals surface area (Å²) < 4.78 is 0. The third-order valence-electron chi connectivity index (χ3n) is 4.45. The number of amides is 1. The Morgan fingerprint density at radius 1 is 1.41 bits per heavy atom. The van der Waals surface area contributed by atoms with E-state index in [4.69, 9.17) is 0 Å². The maximum atomic E-state index is 12.1. The van der Waals surface area contributed by atoms with Crippen LogP contribution in [-0.2, 0) is 9.59 Å². The van der Waals surface area contributed by atoms with Crippen molar-refractivity contribution in [2.75, 3.05) is 6.54 Å². The quantitative estimate of drug-likeness (QED) is 0.753. The summed E-state index contributed by atoms with van der Waals surface area (Å²) >= 11 is 0. The Morgan fingerprint density at radius 3 is 2.59 bits per heavy atom. The molecule has 1 aliphatic heterocycles. The van der Waals surface area contributed by atoms with Crippen LogP contribution in [0.5, 0.6) is 0 Å². The minimum atomic E-state index is -0.562. The van der Waals surface area contributed by atoms with Gasteiger partial charge in [-0.15, -0.1) is 0 Å². The molecule has 0 aromatic rings. The van der Waals surface area contributed by atoms with Crippen LogP contribution in [-0.4, -0.2) is 28.7 Å². The Labute approximate surface area is 104 Å². The van der Waals surface area contributed by atoms with Crippen LogP contribution in [0.15, 0.2) is 0 Å². The first kappa shape index (κ1) is 12.6. The first-order chi connectivity index (χ1) is 8.01. The van der Waals surface area contributed by atoms with E-state index < -0.39 is 5.54 Å². The van der Waals surface area contributed by atoms with E-state index in [1.807, 2.05) is 13.8 Å². The molecule has 0 unspecified atom stereocenters. The van der Waals surface area contributed by atoms with Crippen LogP contribution in [0.3, 0.4) is 0 Å². The van der Waals surface area contributed by atoms with Crippen molar-refractivity contribution in [1.29, 1.82) is 0 Å². The number of likely N-dealkylation sites (tertiary alicyclic amines) is 1. The van der Waals surface area contributed by atoms with E-state index in [0.717, 1.165) is 12.3 Å². The van der Waals surface area contributed by atoms with Crippen LogP contribution in [0.1, 0.15) is 58.8 Å². The molecular weight excluding hydrogens is 214 g/mol. The number of ketones is 1. The summed E-state index contributed by atoms with van der Waals surface area (Å²) in [6.45, 7) is 4.35. The van der Waals surface area contributed by atoms with Crippen molar-refractivity contribution in [3.63, 3.8) is 0 Å². The Kier molecular flexibility index (Phi) is 3.55. The Hall–Kier alpha value is -0.860. The summed E-state index contributed by atoms with van der Waals surface area (Å²) in [5, 5.41) is 0. The molecule has 3 nitrogen and oxygen atoms in total. The molecule has 1 heterocycles. The smallest absolute Gasteiger partial charge is 0.223 e. The van der Waals surface area contributed by atoms with Gasteiger partial charge in [-0.2, -0.15) is 0 Å². The lowest BCUT2D eigenvalue weighted by Crippen LogP contribution is -2.46. The molecule has 0 aromatic carbocycles. The van der Waals surface area contributed by atoms with Gasteiger partial charge in [0.2, 0.25) is 5.91 Å². The summed E-state index contributed by atoms with van der Waals surface area (Å²) in [6, 6.07) is 0. The van der Waals surface area contributed by atoms with Gasteiger partial charge in [-0.25, -0.2) is 0 Å². The predicted octanol–water partition coefficient (Wildman–Crippen LogP) is 2.54. The first-order valence-corrected chi connectivity index (χ1v) is 6.85. The lowest BCUT2D eigenvalue weighted by molar-refractivity contribution is -0.138. The van der Waals surface area contributed by atoms with E-state index in [2.05, 4.69) is 0 Å². The molecule has 1 saturated heterocycles. The average Bonchev–Trinajstić information content (AvgIpc) is 2.46. The number of carbonyl (C=O) groups is 2. The van der Waals surface area contributed by atoms with E-state index in [1.165, 1.54) is 25.7 Å². The fourth-order valence-electron chi connectivity index (χ4n) is 2.84. The zero-order valence-electron chi connectivity index (χ0n) is 11.0. The maximum Gasteiger partial charge on any atom is 0.223 e. The van der Waals surface area contributed by atoms with Gasteiger partial charge in [0.05, 0.1) is 5.54 Å². The van der Waals surface area contributed by atoms with E-state index >= 15 is 0 Å². The van der Waals surface area contributed by atoms with Crippen molar-refractivity contribution in [3.8, 4) is 0 Å². The number of nitrogens with zero attached hydrogens (tertiary/aromatic N) is 1. The summed E-state index contributed by atoms with van der Waals surface area (Å²) in [6.07, 6.45) is 7.39. The van der Waals surface area contributed by atoms with Gasteiger partial charge in [0, 0.05) is 19.4 Å². The number of hydrogen-bond donors (Lipinski definition) is 0. The van der Waals surface area contributed by atoms with Gasteiger partial charge < -0.3 is 4.90 Å². The second-order valence-electron chi connectivity index (χ2n) is 5.97. The number of rotatable bonds is 4. The molecule has 2 aliphatic rings. The Morgan fingerprint density at radius 2 is 2.12 bits per heavy atom. The third-order valence-corrected chi connectivity index (χ3v) is 4.45. The predicted molar refractivity (Wildman–Crippen MR) is 66.6 cm³/mol. The van der Waals surface area contributed by atoms with Crippen molar-refractivity contribution in [3.05, 3.63) is 0 Å². The van der Waals surface area contributed by atoms with Gasteiger partial charge in [0.15, 0.2) is 5.78 Å². The third kappa shape index (κ3) is 2.53. The minimum Gasteiger partial charge on any atom is -0.330 e. The fourth-order valence-corrected chi connectivity index (χ4v) is 2.84. The van der Waals surface area contributed by atoms with Gasteiger partial charge in [0.25, 0.3) is 0 Å². The molecule has 1 aliphatic carbocycles. The highest BCUT2D eigenvalue weighted by Crippen LogP contribution is 2.31. The zero-order chi connectivity index (χ0) is 12.5. The number of Topliss-reactive ketones (excluding diaryl/α,β-unsaturated/α-hetero) is 1. The van der Waals surface area contributed by atoms with Crippen LogP contribution >= 0.6 is 0 Å². The van der Waals surface area contributed by atoms with Crippen molar-refractivity contribution in [1.82, 2.24) is 4.90 Å². The molecule has 0 spiro atoms. The van der Waals surface area contributed by atoms with Crippen molar-refractivity contribution in [2.45, 2.75) is 64.3 Å². The van der Waals surface area contributed by atoms with Crippen molar-refractivity contribution >= 4 is 11.7 Å². The van der Waals surface area contributed by atoms with Crippen LogP contribution in [0, 0.1) is 5.92 Å². The van der Waals surface area contributed by atoms with Crippen LogP contribution in [0.2, 0.25) is 0 Å². The topological polar surface area (TPSA) is 37.4 Å². The minimum absolute atomic E-state index is 0.167. The Bertz CT molecular complexity index is 318. The molecule has 1 amide bonds. The molecule has 0 N–H and O–H groups in total. The fraction of sp³-hybridized carbons (Fsp3) is 0.857. The second-order valence-corrected chi connectivity index (χ2v) is 5.97. The molecule has 96 valence electrons. The first-order valence-electron chi connectivity index (χ1n) is 6.85. The van der Waals surface area contributed by atoms with Crippen molar-refractivity contribution in [2.24, 2.45) is 5.92 Å². The number of hydrogen-bond acceptors (Lipinski definition) is 2. The zero-order valence-corrected chi connectivity index (χ0v) is 11.0. The summed E-state index contributed by atoms with van der Waals surface area (Å²) in [7, 11) is 0. The highest BCUT2D eigenvalue weighted by molar-refractivity contribution is 5.95. The van der Waals surface area contributed by atoms with Crippen molar-refractivity contribution < 1.29 is 9.59 Å². The lowest BCUT2D eigenvalue weighted by Gasteiger charge is -2.30. The standard InChI is InChI=1S/C14H23NO2/c1-14(2)12(16)9-10-15(14)13(17)8-4-7-11-5-3-6-11/h11H,3-10H2,1-2H3. The molecule has 2 rings (SSSR count). The largest absolute Gasteiger partial charge is 0.330 e. The van der Waals surface area contributed by atoms with Gasteiger partial charge in [-0.3, -0.25) is 9.59 Å². The molecule has 3 heteroatoms. The van der Waals surface area contributed by atoms with Gasteiger partial charge in [-0.1, -0.05) is 19.3 Å². The molecule has 2 fully saturated rings. The Balaban J connectivity index is 1.77. The summed E-state index contributed by atoms with van der Waals surface area (Å²) in [4.78, 5) is 25.5. The van der Waals surface area contributed by atoms with E-state index in [1.54, 1.807) is 4.90 Å². The van der Waals surface area contributed by atoms with Gasteiger partial charge >= 0.3 is 0 Å². The highest BCUT2D eigenvalue weighted by Gasteiger charge is 2.42. The van der Waals surface area contributed by atoms with Gasteiger partial charge in [0.1, 0.15) is 0 Å². The second kappa shape index (κ2) is 4.79. The summed E-state index contributed by atoms with van der Waals surface area (Å²) in [5.41, 5.74) is -0.562. The average molecular weight is 237 g/mol. The summed E-state index contributed by atoms with van der Waals surface area (Å²) in [5.74, 6) is 1.24. The van der Waals surface area contributed by atoms with Crippen LogP contribution in [0.4, 0.5) is 0 Å².